The maximum Gasteiger partial charge on any atom is 0.228 e. The van der Waals surface area contributed by atoms with Crippen LogP contribution in [0.15, 0.2) is 60.2 Å². The Bertz CT molecular complexity index is 787. The van der Waals surface area contributed by atoms with Gasteiger partial charge in [0.05, 0.1) is 12.1 Å². The lowest BCUT2D eigenvalue weighted by atomic mass is 10.2. The topological polar surface area (TPSA) is 46.1 Å². The highest BCUT2D eigenvalue weighted by atomic mass is 32.1. The number of likely N-dealkylation sites (N-methyl/N-ethyl adjacent to an activating group) is 1. The largest absolute Gasteiger partial charge is 0.338 e. The van der Waals surface area contributed by atoms with E-state index >= 15 is 0 Å². The number of rotatable bonds is 6. The van der Waals surface area contributed by atoms with Gasteiger partial charge in [-0.3, -0.25) is 9.78 Å². The Kier molecular flexibility index (Phi) is 5.33. The first kappa shape index (κ1) is 16.3. The summed E-state index contributed by atoms with van der Waals surface area (Å²) in [7, 11) is 0. The number of amides is 1. The van der Waals surface area contributed by atoms with Gasteiger partial charge in [-0.05, 0) is 24.6 Å². The van der Waals surface area contributed by atoms with E-state index in [1.807, 2.05) is 59.7 Å². The van der Waals surface area contributed by atoms with Gasteiger partial charge in [-0.15, -0.1) is 11.3 Å². The van der Waals surface area contributed by atoms with Crippen molar-refractivity contribution in [2.45, 2.75) is 19.9 Å². The standard InChI is InChI=1S/C19H19N3OS/c1-2-22(13-15-6-4-3-5-7-15)18(23)12-17-14-24-19(21-17)16-8-10-20-11-9-16/h3-11,14H,2,12-13H2,1H3. The van der Waals surface area contributed by atoms with Gasteiger partial charge < -0.3 is 4.90 Å². The van der Waals surface area contributed by atoms with Gasteiger partial charge in [-0.25, -0.2) is 4.98 Å². The molecule has 5 heteroatoms. The highest BCUT2D eigenvalue weighted by molar-refractivity contribution is 7.13. The monoisotopic (exact) mass is 337 g/mol. The van der Waals surface area contributed by atoms with E-state index < -0.39 is 0 Å². The van der Waals surface area contributed by atoms with E-state index in [4.69, 9.17) is 0 Å². The summed E-state index contributed by atoms with van der Waals surface area (Å²) in [4.78, 5) is 23.0. The third-order valence-electron chi connectivity index (χ3n) is 3.76. The second-order valence-corrected chi connectivity index (χ2v) is 6.31. The van der Waals surface area contributed by atoms with Crippen molar-refractivity contribution in [2.24, 2.45) is 0 Å². The Hall–Kier alpha value is -2.53. The summed E-state index contributed by atoms with van der Waals surface area (Å²) >= 11 is 1.56. The molecule has 0 fully saturated rings. The van der Waals surface area contributed by atoms with E-state index in [0.29, 0.717) is 19.5 Å². The molecule has 0 saturated heterocycles. The van der Waals surface area contributed by atoms with Crippen LogP contribution < -0.4 is 0 Å². The molecule has 24 heavy (non-hydrogen) atoms. The molecule has 0 radical (unpaired) electrons. The van der Waals surface area contributed by atoms with Crippen LogP contribution in [0.25, 0.3) is 10.6 Å². The highest BCUT2D eigenvalue weighted by Gasteiger charge is 2.15. The molecule has 3 aromatic rings. The number of carbonyl (C=O) groups is 1. The van der Waals surface area contributed by atoms with Crippen LogP contribution in [0.2, 0.25) is 0 Å². The van der Waals surface area contributed by atoms with Crippen LogP contribution in [0, 0.1) is 0 Å². The molecule has 122 valence electrons. The number of aromatic nitrogens is 2. The summed E-state index contributed by atoms with van der Waals surface area (Å²) in [5, 5.41) is 2.88. The Labute approximate surface area is 145 Å². The SMILES string of the molecule is CCN(Cc1ccccc1)C(=O)Cc1csc(-c2ccncc2)n1. The minimum Gasteiger partial charge on any atom is -0.338 e. The van der Waals surface area contributed by atoms with Crippen molar-refractivity contribution in [1.82, 2.24) is 14.9 Å². The van der Waals surface area contributed by atoms with Crippen LogP contribution >= 0.6 is 11.3 Å². The van der Waals surface area contributed by atoms with E-state index in [1.165, 1.54) is 0 Å². The molecule has 0 bridgehead atoms. The molecule has 0 unspecified atom stereocenters. The zero-order valence-electron chi connectivity index (χ0n) is 13.6. The lowest BCUT2D eigenvalue weighted by Crippen LogP contribution is -2.31. The molecule has 1 aromatic carbocycles. The van der Waals surface area contributed by atoms with Gasteiger partial charge in [0.15, 0.2) is 0 Å². The van der Waals surface area contributed by atoms with Gasteiger partial charge >= 0.3 is 0 Å². The lowest BCUT2D eigenvalue weighted by molar-refractivity contribution is -0.130. The number of carbonyl (C=O) groups excluding carboxylic acids is 1. The highest BCUT2D eigenvalue weighted by Crippen LogP contribution is 2.23. The van der Waals surface area contributed by atoms with Crippen LogP contribution in [0.1, 0.15) is 18.2 Å². The average Bonchev–Trinajstić information content (AvgIpc) is 3.09. The fourth-order valence-electron chi connectivity index (χ4n) is 2.46. The van der Waals surface area contributed by atoms with Gasteiger partial charge in [-0.2, -0.15) is 0 Å². The second-order valence-electron chi connectivity index (χ2n) is 5.45. The molecular formula is C19H19N3OS. The van der Waals surface area contributed by atoms with Crippen molar-refractivity contribution >= 4 is 17.2 Å². The lowest BCUT2D eigenvalue weighted by Gasteiger charge is -2.20. The van der Waals surface area contributed by atoms with Gasteiger partial charge in [-0.1, -0.05) is 30.3 Å². The van der Waals surface area contributed by atoms with Crippen molar-refractivity contribution in [1.29, 1.82) is 0 Å². The van der Waals surface area contributed by atoms with E-state index in [1.54, 1.807) is 23.7 Å². The van der Waals surface area contributed by atoms with Gasteiger partial charge in [0, 0.05) is 36.4 Å². The number of pyridine rings is 1. The first-order valence-corrected chi connectivity index (χ1v) is 8.80. The van der Waals surface area contributed by atoms with Gasteiger partial charge in [0.1, 0.15) is 5.01 Å². The number of thiazole rings is 1. The molecule has 0 aliphatic heterocycles. The molecule has 0 spiro atoms. The van der Waals surface area contributed by atoms with E-state index in [-0.39, 0.29) is 5.91 Å². The quantitative estimate of drug-likeness (QED) is 0.687. The van der Waals surface area contributed by atoms with Crippen LogP contribution in [-0.4, -0.2) is 27.3 Å². The van der Waals surface area contributed by atoms with Crippen LogP contribution in [0.5, 0.6) is 0 Å². The Balaban J connectivity index is 1.66. The molecule has 2 aromatic heterocycles. The molecule has 0 N–H and O–H groups in total. The maximum absolute atomic E-state index is 12.6. The van der Waals surface area contributed by atoms with Crippen molar-refractivity contribution in [3.05, 3.63) is 71.5 Å². The smallest absolute Gasteiger partial charge is 0.228 e. The fourth-order valence-corrected chi connectivity index (χ4v) is 3.29. The van der Waals surface area contributed by atoms with E-state index in [2.05, 4.69) is 9.97 Å². The molecule has 2 heterocycles. The molecule has 0 aliphatic rings. The third-order valence-corrected chi connectivity index (χ3v) is 4.70. The number of benzene rings is 1. The van der Waals surface area contributed by atoms with Gasteiger partial charge in [0.25, 0.3) is 0 Å². The maximum atomic E-state index is 12.6. The van der Waals surface area contributed by atoms with Crippen molar-refractivity contribution in [2.75, 3.05) is 6.54 Å². The van der Waals surface area contributed by atoms with Crippen molar-refractivity contribution in [3.8, 4) is 10.6 Å². The summed E-state index contributed by atoms with van der Waals surface area (Å²) in [6.07, 6.45) is 3.84. The van der Waals surface area contributed by atoms with Crippen molar-refractivity contribution in [3.63, 3.8) is 0 Å². The first-order chi connectivity index (χ1) is 11.8. The molecule has 4 nitrogen and oxygen atoms in total. The molecule has 3 rings (SSSR count). The Morgan fingerprint density at radius 2 is 1.88 bits per heavy atom. The minimum absolute atomic E-state index is 0.105. The van der Waals surface area contributed by atoms with Gasteiger partial charge in [0.2, 0.25) is 5.91 Å². The predicted octanol–water partition coefficient (Wildman–Crippen LogP) is 3.80. The average molecular weight is 337 g/mol. The van der Waals surface area contributed by atoms with E-state index in [0.717, 1.165) is 21.8 Å². The van der Waals surface area contributed by atoms with Crippen LogP contribution in [0.4, 0.5) is 0 Å². The van der Waals surface area contributed by atoms with E-state index in [9.17, 15) is 4.79 Å². The molecular weight excluding hydrogens is 318 g/mol. The normalized spacial score (nSPS) is 10.5. The Morgan fingerprint density at radius 1 is 1.12 bits per heavy atom. The summed E-state index contributed by atoms with van der Waals surface area (Å²) in [6, 6.07) is 13.9. The van der Waals surface area contributed by atoms with Crippen molar-refractivity contribution < 1.29 is 4.79 Å². The fraction of sp³-hybridized carbons (Fsp3) is 0.211. The molecule has 0 atom stereocenters. The second kappa shape index (κ2) is 7.84. The summed E-state index contributed by atoms with van der Waals surface area (Å²) in [5.74, 6) is 0.105. The number of nitrogens with zero attached hydrogens (tertiary/aromatic N) is 3. The minimum atomic E-state index is 0.105. The number of hydrogen-bond acceptors (Lipinski definition) is 4. The zero-order valence-corrected chi connectivity index (χ0v) is 14.4. The molecule has 1 amide bonds. The molecule has 0 saturated carbocycles. The summed E-state index contributed by atoms with van der Waals surface area (Å²) in [6.45, 7) is 3.33. The van der Waals surface area contributed by atoms with Crippen LogP contribution in [-0.2, 0) is 17.8 Å². The first-order valence-electron chi connectivity index (χ1n) is 7.92. The Morgan fingerprint density at radius 3 is 2.58 bits per heavy atom. The predicted molar refractivity (Wildman–Crippen MR) is 96.6 cm³/mol. The third kappa shape index (κ3) is 4.06. The molecule has 0 aliphatic carbocycles. The summed E-state index contributed by atoms with van der Waals surface area (Å²) < 4.78 is 0. The zero-order chi connectivity index (χ0) is 16.8. The number of hydrogen-bond donors (Lipinski definition) is 0. The van der Waals surface area contributed by atoms with Crippen LogP contribution in [0.3, 0.4) is 0 Å². The summed E-state index contributed by atoms with van der Waals surface area (Å²) in [5.41, 5.74) is 3.00.